The molecule has 0 atom stereocenters. The first-order chi connectivity index (χ1) is 12.7. The highest BCUT2D eigenvalue weighted by Crippen LogP contribution is 2.34. The monoisotopic (exact) mass is 391 g/mol. The van der Waals surface area contributed by atoms with E-state index in [1.54, 1.807) is 18.2 Å². The van der Waals surface area contributed by atoms with Crippen LogP contribution in [0.25, 0.3) is 11.1 Å². The molecule has 0 aliphatic carbocycles. The highest BCUT2D eigenvalue weighted by atomic mass is 35.5. The maximum Gasteiger partial charge on any atom is 0.166 e. The SMILES string of the molecule is Cl.NCCOc1ccc(-c2cccc(F)c2F)cc1OCc1ccccc1. The molecule has 0 bridgehead atoms. The van der Waals surface area contributed by atoms with Crippen molar-refractivity contribution in [1.29, 1.82) is 0 Å². The molecule has 0 saturated heterocycles. The Kier molecular flexibility index (Phi) is 7.58. The number of benzene rings is 3. The molecule has 0 aliphatic heterocycles. The molecule has 142 valence electrons. The van der Waals surface area contributed by atoms with E-state index in [9.17, 15) is 8.78 Å². The molecule has 2 N–H and O–H groups in total. The van der Waals surface area contributed by atoms with Crippen molar-refractivity contribution in [2.75, 3.05) is 13.2 Å². The van der Waals surface area contributed by atoms with E-state index < -0.39 is 11.6 Å². The largest absolute Gasteiger partial charge is 0.488 e. The van der Waals surface area contributed by atoms with Gasteiger partial charge in [0.2, 0.25) is 0 Å². The molecule has 27 heavy (non-hydrogen) atoms. The van der Waals surface area contributed by atoms with Gasteiger partial charge in [0.1, 0.15) is 13.2 Å². The summed E-state index contributed by atoms with van der Waals surface area (Å²) in [4.78, 5) is 0. The predicted molar refractivity (Wildman–Crippen MR) is 104 cm³/mol. The first-order valence-corrected chi connectivity index (χ1v) is 8.27. The van der Waals surface area contributed by atoms with E-state index >= 15 is 0 Å². The molecule has 0 spiro atoms. The van der Waals surface area contributed by atoms with Crippen LogP contribution < -0.4 is 15.2 Å². The molecule has 0 amide bonds. The molecule has 3 aromatic rings. The van der Waals surface area contributed by atoms with Crippen molar-refractivity contribution in [2.24, 2.45) is 5.73 Å². The zero-order valence-corrected chi connectivity index (χ0v) is 15.3. The quantitative estimate of drug-likeness (QED) is 0.618. The van der Waals surface area contributed by atoms with E-state index in [0.717, 1.165) is 11.6 Å². The summed E-state index contributed by atoms with van der Waals surface area (Å²) in [5.74, 6) is -0.828. The predicted octanol–water partition coefficient (Wildman–Crippen LogP) is 4.97. The molecule has 0 radical (unpaired) electrons. The number of ether oxygens (including phenoxy) is 2. The molecule has 0 fully saturated rings. The molecule has 0 aromatic heterocycles. The summed E-state index contributed by atoms with van der Waals surface area (Å²) in [5.41, 5.74) is 7.15. The fraction of sp³-hybridized carbons (Fsp3) is 0.143. The lowest BCUT2D eigenvalue weighted by Crippen LogP contribution is -2.11. The van der Waals surface area contributed by atoms with Gasteiger partial charge in [-0.2, -0.15) is 0 Å². The third-order valence-electron chi connectivity index (χ3n) is 3.82. The summed E-state index contributed by atoms with van der Waals surface area (Å²) in [6, 6.07) is 18.7. The first kappa shape index (κ1) is 20.7. The van der Waals surface area contributed by atoms with Crippen molar-refractivity contribution in [3.05, 3.63) is 83.9 Å². The summed E-state index contributed by atoms with van der Waals surface area (Å²) >= 11 is 0. The van der Waals surface area contributed by atoms with E-state index in [4.69, 9.17) is 15.2 Å². The Morgan fingerprint density at radius 1 is 0.815 bits per heavy atom. The lowest BCUT2D eigenvalue weighted by Gasteiger charge is -2.14. The Balaban J connectivity index is 0.00000261. The molecule has 0 aliphatic rings. The topological polar surface area (TPSA) is 44.5 Å². The highest BCUT2D eigenvalue weighted by Gasteiger charge is 2.13. The Bertz CT molecular complexity index is 875. The van der Waals surface area contributed by atoms with Crippen molar-refractivity contribution in [1.82, 2.24) is 0 Å². The van der Waals surface area contributed by atoms with Crippen molar-refractivity contribution in [3.63, 3.8) is 0 Å². The van der Waals surface area contributed by atoms with Gasteiger partial charge in [-0.25, -0.2) is 8.78 Å². The molecular formula is C21H20ClF2NO2. The molecule has 0 saturated carbocycles. The molecular weight excluding hydrogens is 372 g/mol. The smallest absolute Gasteiger partial charge is 0.166 e. The second-order valence-corrected chi connectivity index (χ2v) is 5.67. The summed E-state index contributed by atoms with van der Waals surface area (Å²) in [6.07, 6.45) is 0. The van der Waals surface area contributed by atoms with Gasteiger partial charge in [0.15, 0.2) is 23.1 Å². The molecule has 3 nitrogen and oxygen atoms in total. The van der Waals surface area contributed by atoms with Crippen LogP contribution >= 0.6 is 12.4 Å². The van der Waals surface area contributed by atoms with Crippen molar-refractivity contribution in [3.8, 4) is 22.6 Å². The van der Waals surface area contributed by atoms with Gasteiger partial charge in [0, 0.05) is 12.1 Å². The van der Waals surface area contributed by atoms with Crippen LogP contribution in [-0.4, -0.2) is 13.2 Å². The van der Waals surface area contributed by atoms with Gasteiger partial charge in [0.05, 0.1) is 0 Å². The number of rotatable bonds is 7. The van der Waals surface area contributed by atoms with Crippen LogP contribution in [0.1, 0.15) is 5.56 Å². The molecule has 0 heterocycles. The van der Waals surface area contributed by atoms with E-state index in [-0.39, 0.29) is 18.0 Å². The Morgan fingerprint density at radius 2 is 1.59 bits per heavy atom. The zero-order chi connectivity index (χ0) is 18.4. The minimum Gasteiger partial charge on any atom is -0.488 e. The van der Waals surface area contributed by atoms with Crippen LogP contribution in [0.4, 0.5) is 8.78 Å². The molecule has 3 aromatic carbocycles. The average Bonchev–Trinajstić information content (AvgIpc) is 2.68. The summed E-state index contributed by atoms with van der Waals surface area (Å²) < 4.78 is 39.1. The maximum absolute atomic E-state index is 14.1. The Labute approximate surface area is 163 Å². The Hall–Kier alpha value is -2.63. The Morgan fingerprint density at radius 3 is 2.33 bits per heavy atom. The zero-order valence-electron chi connectivity index (χ0n) is 14.5. The van der Waals surface area contributed by atoms with Crippen molar-refractivity contribution in [2.45, 2.75) is 6.61 Å². The number of nitrogens with two attached hydrogens (primary N) is 1. The molecule has 6 heteroatoms. The van der Waals surface area contributed by atoms with Crippen molar-refractivity contribution >= 4 is 12.4 Å². The van der Waals surface area contributed by atoms with Gasteiger partial charge in [-0.1, -0.05) is 48.5 Å². The summed E-state index contributed by atoms with van der Waals surface area (Å²) in [6.45, 7) is 1.02. The molecule has 3 rings (SSSR count). The van der Waals surface area contributed by atoms with Crippen LogP contribution in [0.15, 0.2) is 66.7 Å². The van der Waals surface area contributed by atoms with E-state index in [2.05, 4.69) is 0 Å². The lowest BCUT2D eigenvalue weighted by atomic mass is 10.0. The van der Waals surface area contributed by atoms with Crippen LogP contribution in [0.3, 0.4) is 0 Å². The van der Waals surface area contributed by atoms with Gasteiger partial charge in [-0.3, -0.25) is 0 Å². The van der Waals surface area contributed by atoms with E-state index in [1.165, 1.54) is 12.1 Å². The van der Waals surface area contributed by atoms with Gasteiger partial charge in [-0.15, -0.1) is 12.4 Å². The van der Waals surface area contributed by atoms with Gasteiger partial charge < -0.3 is 15.2 Å². The second-order valence-electron chi connectivity index (χ2n) is 5.67. The summed E-state index contributed by atoms with van der Waals surface area (Å²) in [7, 11) is 0. The normalized spacial score (nSPS) is 10.2. The van der Waals surface area contributed by atoms with Gasteiger partial charge >= 0.3 is 0 Å². The van der Waals surface area contributed by atoms with Gasteiger partial charge in [-0.05, 0) is 29.3 Å². The third kappa shape index (κ3) is 5.18. The van der Waals surface area contributed by atoms with E-state index in [1.807, 2.05) is 30.3 Å². The minimum absolute atomic E-state index is 0. The maximum atomic E-state index is 14.1. The number of hydrogen-bond donors (Lipinski definition) is 1. The fourth-order valence-corrected chi connectivity index (χ4v) is 2.54. The van der Waals surface area contributed by atoms with Crippen LogP contribution in [-0.2, 0) is 6.61 Å². The first-order valence-electron chi connectivity index (χ1n) is 8.27. The fourth-order valence-electron chi connectivity index (χ4n) is 2.54. The van der Waals surface area contributed by atoms with Crippen LogP contribution in [0, 0.1) is 11.6 Å². The summed E-state index contributed by atoms with van der Waals surface area (Å²) in [5, 5.41) is 0. The lowest BCUT2D eigenvalue weighted by molar-refractivity contribution is 0.266. The third-order valence-corrected chi connectivity index (χ3v) is 3.82. The van der Waals surface area contributed by atoms with E-state index in [0.29, 0.717) is 36.8 Å². The number of hydrogen-bond acceptors (Lipinski definition) is 3. The average molecular weight is 392 g/mol. The second kappa shape index (κ2) is 9.90. The number of halogens is 3. The standard InChI is InChI=1S/C21H19F2NO2.ClH/c22-18-8-4-7-17(21(18)23)16-9-10-19(25-12-11-24)20(13-16)26-14-15-5-2-1-3-6-15;/h1-10,13H,11-12,14,24H2;1H. The van der Waals surface area contributed by atoms with Crippen molar-refractivity contribution < 1.29 is 18.3 Å². The molecule has 0 unspecified atom stereocenters. The van der Waals surface area contributed by atoms with Gasteiger partial charge in [0.25, 0.3) is 0 Å². The minimum atomic E-state index is -0.892. The van der Waals surface area contributed by atoms with Crippen LogP contribution in [0.2, 0.25) is 0 Å². The highest BCUT2D eigenvalue weighted by molar-refractivity contribution is 5.85. The van der Waals surface area contributed by atoms with Crippen LogP contribution in [0.5, 0.6) is 11.5 Å².